The Morgan fingerprint density at radius 3 is 1.94 bits per heavy atom. The Labute approximate surface area is 394 Å². The molecule has 7 rings (SSSR count). The third kappa shape index (κ3) is 9.16. The van der Waals surface area contributed by atoms with Gasteiger partial charge < -0.3 is 84.6 Å². The Morgan fingerprint density at radius 2 is 1.31 bits per heavy atom. The second-order valence-corrected chi connectivity index (χ2v) is 23.2. The molecule has 67 heavy (non-hydrogen) atoms. The predicted octanol–water partition coefficient (Wildman–Crippen LogP) is 0.427. The van der Waals surface area contributed by atoms with Crippen LogP contribution in [0.2, 0.25) is 0 Å². The average Bonchev–Trinajstić information content (AvgIpc) is 3.54. The number of hydrogen-bond donors (Lipinski definition) is 11. The zero-order chi connectivity index (χ0) is 49.5. The molecule has 18 heteroatoms. The molecule has 7 aliphatic rings. The number of aliphatic hydroxyl groups is 11. The number of ether oxygens (including phenoxy) is 6. The summed E-state index contributed by atoms with van der Waals surface area (Å²) in [5.41, 5.74) is -2.00. The van der Waals surface area contributed by atoms with E-state index < -0.39 is 140 Å². The minimum atomic E-state index is -1.72. The molecule has 24 atom stereocenters. The Bertz CT molecular complexity index is 1750. The summed E-state index contributed by atoms with van der Waals surface area (Å²) < 4.78 is 35.7. The summed E-state index contributed by atoms with van der Waals surface area (Å²) in [5.74, 6) is -0.0351. The van der Waals surface area contributed by atoms with Gasteiger partial charge in [0.05, 0.1) is 49.8 Å². The van der Waals surface area contributed by atoms with E-state index in [0.717, 1.165) is 18.4 Å². The highest BCUT2D eigenvalue weighted by Crippen LogP contribution is 2.74. The summed E-state index contributed by atoms with van der Waals surface area (Å²) >= 11 is 0. The summed E-state index contributed by atoms with van der Waals surface area (Å²) in [4.78, 5) is 15.0. The molecule has 3 aliphatic heterocycles. The van der Waals surface area contributed by atoms with E-state index in [-0.39, 0.29) is 40.3 Å². The normalized spacial score (nSPS) is 49.9. The van der Waals surface area contributed by atoms with Gasteiger partial charge in [0.2, 0.25) is 0 Å². The van der Waals surface area contributed by atoms with Crippen LogP contribution in [0, 0.1) is 51.2 Å². The van der Waals surface area contributed by atoms with Gasteiger partial charge in [-0.2, -0.15) is 0 Å². The molecule has 3 heterocycles. The first-order valence-electron chi connectivity index (χ1n) is 24.7. The van der Waals surface area contributed by atoms with Gasteiger partial charge in [0.1, 0.15) is 60.7 Å². The first kappa shape index (κ1) is 53.5. The fraction of sp³-hybridized carbons (Fsp3) is 0.939. The van der Waals surface area contributed by atoms with Crippen LogP contribution in [0.3, 0.4) is 0 Å². The monoisotopic (exact) mass is 959 g/mol. The molecule has 0 bridgehead atoms. The van der Waals surface area contributed by atoms with Crippen LogP contribution in [0.15, 0.2) is 11.6 Å². The third-order valence-corrected chi connectivity index (χ3v) is 18.8. The van der Waals surface area contributed by atoms with Crippen LogP contribution in [-0.2, 0) is 33.2 Å². The van der Waals surface area contributed by atoms with Crippen molar-refractivity contribution in [3.8, 4) is 0 Å². The van der Waals surface area contributed by atoms with Gasteiger partial charge in [-0.3, -0.25) is 4.79 Å². The fourth-order valence-corrected chi connectivity index (χ4v) is 14.1. The van der Waals surface area contributed by atoms with Crippen molar-refractivity contribution in [2.24, 2.45) is 51.2 Å². The second-order valence-electron chi connectivity index (χ2n) is 23.2. The Hall–Kier alpha value is -1.27. The van der Waals surface area contributed by atoms with Gasteiger partial charge in [-0.1, -0.05) is 60.1 Å². The van der Waals surface area contributed by atoms with Crippen molar-refractivity contribution in [2.45, 2.75) is 218 Å². The highest BCUT2D eigenvalue weighted by molar-refractivity contribution is 5.88. The number of hydrogen-bond acceptors (Lipinski definition) is 18. The zero-order valence-corrected chi connectivity index (χ0v) is 40.8. The van der Waals surface area contributed by atoms with E-state index in [1.807, 2.05) is 0 Å². The number of rotatable bonds is 14. The molecule has 0 unspecified atom stereocenters. The SMILES string of the molecule is C[C@H]1[C@H](O)[C@@H](O)[C@H](OC[C@H]2O[C@@H](O[C@H](CC[C@@H](C)[C@H]3CC[C@@]4(C)[C@@H]5CC=C6[C@@H](CC[C@H](O[C@@H]7O[C@H](CO)[C@@H](O)[C@H](O)[C@H]7O)C6(C)C)[C@]5(C)C(=O)C[C@]34C)C(C)(C)O)[C@H](O)[C@@H](O)[C@@H]2O)O[C@@H]1CO. The van der Waals surface area contributed by atoms with Gasteiger partial charge in [-0.05, 0) is 93.3 Å². The molecule has 6 fully saturated rings. The molecule has 4 aliphatic carbocycles. The molecule has 0 aromatic carbocycles. The molecule has 11 N–H and O–H groups in total. The molecular weight excluding hydrogens is 877 g/mol. The maximum absolute atomic E-state index is 15.0. The summed E-state index contributed by atoms with van der Waals surface area (Å²) in [7, 11) is 0. The fourth-order valence-electron chi connectivity index (χ4n) is 14.1. The number of ketones is 1. The maximum Gasteiger partial charge on any atom is 0.187 e. The van der Waals surface area contributed by atoms with Gasteiger partial charge in [-0.25, -0.2) is 0 Å². The first-order valence-corrected chi connectivity index (χ1v) is 24.7. The van der Waals surface area contributed by atoms with Gasteiger partial charge in [0.15, 0.2) is 18.9 Å². The lowest BCUT2D eigenvalue weighted by Gasteiger charge is -2.65. The number of carbonyl (C=O) groups is 1. The van der Waals surface area contributed by atoms with E-state index >= 15 is 4.79 Å². The molecule has 0 radical (unpaired) electrons. The molecular formula is C49H82O18. The minimum absolute atomic E-state index is 0.0309. The van der Waals surface area contributed by atoms with Crippen molar-refractivity contribution < 1.29 is 89.4 Å². The van der Waals surface area contributed by atoms with Crippen LogP contribution in [-0.4, -0.2) is 186 Å². The Kier molecular flexibility index (Phi) is 15.7. The zero-order valence-electron chi connectivity index (χ0n) is 40.8. The number of fused-ring (bicyclic) bond motifs is 5. The molecule has 0 spiro atoms. The highest BCUT2D eigenvalue weighted by atomic mass is 16.7. The van der Waals surface area contributed by atoms with E-state index in [4.69, 9.17) is 28.4 Å². The van der Waals surface area contributed by atoms with E-state index in [9.17, 15) is 56.2 Å². The van der Waals surface area contributed by atoms with Gasteiger partial charge in [0.25, 0.3) is 0 Å². The number of carbonyl (C=O) groups excluding carboxylic acids is 1. The predicted molar refractivity (Wildman–Crippen MR) is 237 cm³/mol. The summed E-state index contributed by atoms with van der Waals surface area (Å²) in [6.45, 7) is 16.5. The summed E-state index contributed by atoms with van der Waals surface area (Å²) in [5, 5.41) is 116. The van der Waals surface area contributed by atoms with Gasteiger partial charge >= 0.3 is 0 Å². The van der Waals surface area contributed by atoms with Crippen molar-refractivity contribution in [1.82, 2.24) is 0 Å². The number of allylic oxidation sites excluding steroid dienone is 1. The lowest BCUT2D eigenvalue weighted by Crippen LogP contribution is -2.64. The van der Waals surface area contributed by atoms with E-state index in [1.165, 1.54) is 0 Å². The smallest absolute Gasteiger partial charge is 0.187 e. The van der Waals surface area contributed by atoms with Gasteiger partial charge in [0, 0.05) is 23.2 Å². The van der Waals surface area contributed by atoms with Crippen molar-refractivity contribution in [3.05, 3.63) is 11.6 Å². The molecule has 18 nitrogen and oxygen atoms in total. The lowest BCUT2D eigenvalue weighted by molar-refractivity contribution is -0.338. The number of Topliss-reactive ketones (excluding diaryl/α,β-unsaturated/α-hetero) is 1. The Balaban J connectivity index is 1.02. The van der Waals surface area contributed by atoms with Crippen molar-refractivity contribution >= 4 is 5.78 Å². The standard InChI is InChI=1S/C49H82O18/c1-22(10-14-33(46(5,6)61)67-44-41(60)38(57)36(55)29(65-44)21-62-42-39(58)34(53)23(2)27(19-50)63-42)24-16-17-47(7)30-13-11-25-26(49(30,9)31(52)18-48(24,47)8)12-15-32(45(25,3)4)66-43-40(59)37(56)35(54)28(20-51)64-43/h11,22-24,26-30,32-44,50-51,53-61H,10,12-21H2,1-9H3/t22-,23-,24-,26-,27-,28-,29-,30+,32+,33-,34+,35-,36-,37+,38+,39-,40-,41-,42-,43+,44+,47+,48-,49+/m1/s1. The van der Waals surface area contributed by atoms with Crippen LogP contribution < -0.4 is 0 Å². The molecule has 0 aromatic heterocycles. The highest BCUT2D eigenvalue weighted by Gasteiger charge is 2.70. The third-order valence-electron chi connectivity index (χ3n) is 18.8. The largest absolute Gasteiger partial charge is 0.394 e. The van der Waals surface area contributed by atoms with Gasteiger partial charge in [-0.15, -0.1) is 0 Å². The summed E-state index contributed by atoms with van der Waals surface area (Å²) in [6, 6.07) is 0. The van der Waals surface area contributed by atoms with Crippen molar-refractivity contribution in [2.75, 3.05) is 19.8 Å². The lowest BCUT2D eigenvalue weighted by atomic mass is 9.38. The van der Waals surface area contributed by atoms with E-state index in [2.05, 4.69) is 47.6 Å². The topological polar surface area (TPSA) is 295 Å². The van der Waals surface area contributed by atoms with Crippen molar-refractivity contribution in [3.63, 3.8) is 0 Å². The van der Waals surface area contributed by atoms with Crippen LogP contribution in [0.5, 0.6) is 0 Å². The van der Waals surface area contributed by atoms with E-state index in [1.54, 1.807) is 20.8 Å². The first-order chi connectivity index (χ1) is 31.2. The Morgan fingerprint density at radius 1 is 0.731 bits per heavy atom. The van der Waals surface area contributed by atoms with Crippen LogP contribution in [0.25, 0.3) is 0 Å². The van der Waals surface area contributed by atoms with Crippen LogP contribution in [0.4, 0.5) is 0 Å². The molecule has 0 amide bonds. The molecule has 3 saturated carbocycles. The van der Waals surface area contributed by atoms with Crippen molar-refractivity contribution in [1.29, 1.82) is 0 Å². The average molecular weight is 959 g/mol. The van der Waals surface area contributed by atoms with E-state index in [0.29, 0.717) is 38.5 Å². The second kappa shape index (κ2) is 19.6. The maximum atomic E-state index is 15.0. The number of aliphatic hydroxyl groups excluding tert-OH is 10. The van der Waals surface area contributed by atoms with Crippen LogP contribution >= 0.6 is 0 Å². The molecule has 3 saturated heterocycles. The molecule has 0 aromatic rings. The minimum Gasteiger partial charge on any atom is -0.394 e. The molecule has 386 valence electrons. The van der Waals surface area contributed by atoms with Crippen LogP contribution in [0.1, 0.15) is 114 Å². The quantitative estimate of drug-likeness (QED) is 0.105. The summed E-state index contributed by atoms with van der Waals surface area (Å²) in [6.07, 6.45) is -13.5.